The van der Waals surface area contributed by atoms with E-state index in [2.05, 4.69) is 10.3 Å². The van der Waals surface area contributed by atoms with E-state index < -0.39 is 24.0 Å². The van der Waals surface area contributed by atoms with Gasteiger partial charge in [0.1, 0.15) is 5.82 Å². The third-order valence-corrected chi connectivity index (χ3v) is 4.10. The van der Waals surface area contributed by atoms with Gasteiger partial charge in [-0.1, -0.05) is 6.42 Å². The molecule has 0 spiro atoms. The second-order valence-electron chi connectivity index (χ2n) is 5.33. The zero-order valence-corrected chi connectivity index (χ0v) is 11.3. The average Bonchev–Trinajstić information content (AvgIpc) is 2.41. The van der Waals surface area contributed by atoms with E-state index in [1.807, 2.05) is 0 Å². The molecule has 0 radical (unpaired) electrons. The zero-order chi connectivity index (χ0) is 14.8. The van der Waals surface area contributed by atoms with Crippen LogP contribution < -0.4 is 5.32 Å². The lowest BCUT2D eigenvalue weighted by Gasteiger charge is -2.35. The molecular weight excluding hydrogens is 272 g/mol. The van der Waals surface area contributed by atoms with Crippen molar-refractivity contribution in [3.63, 3.8) is 0 Å². The predicted octanol–water partition coefficient (Wildman–Crippen LogP) is 3.85. The Bertz CT molecular complexity index is 447. The summed E-state index contributed by atoms with van der Waals surface area (Å²) in [6.45, 7) is 0. The Hall–Kier alpha value is -1.17. The largest absolute Gasteiger partial charge is 0.391 e. The first-order chi connectivity index (χ1) is 9.43. The maximum Gasteiger partial charge on any atom is 0.391 e. The van der Waals surface area contributed by atoms with Crippen LogP contribution in [0.15, 0.2) is 18.5 Å². The Labute approximate surface area is 115 Å². The maximum atomic E-state index is 13.8. The molecule has 2 rings (SSSR count). The van der Waals surface area contributed by atoms with Crippen LogP contribution in [0.1, 0.15) is 37.3 Å². The minimum Gasteiger partial charge on any atom is -0.313 e. The van der Waals surface area contributed by atoms with Crippen LogP contribution in [0.5, 0.6) is 0 Å². The summed E-state index contributed by atoms with van der Waals surface area (Å²) >= 11 is 0. The van der Waals surface area contributed by atoms with Gasteiger partial charge < -0.3 is 5.32 Å². The van der Waals surface area contributed by atoms with Gasteiger partial charge in [-0.25, -0.2) is 4.39 Å². The molecule has 0 bridgehead atoms. The molecule has 20 heavy (non-hydrogen) atoms. The Morgan fingerprint density at radius 2 is 2.10 bits per heavy atom. The van der Waals surface area contributed by atoms with Crippen molar-refractivity contribution in [2.75, 3.05) is 7.05 Å². The second kappa shape index (κ2) is 6.08. The quantitative estimate of drug-likeness (QED) is 0.855. The molecule has 0 saturated heterocycles. The van der Waals surface area contributed by atoms with Crippen molar-refractivity contribution in [1.82, 2.24) is 10.3 Å². The van der Waals surface area contributed by atoms with E-state index in [1.54, 1.807) is 7.05 Å². The van der Waals surface area contributed by atoms with Gasteiger partial charge in [-0.2, -0.15) is 13.2 Å². The normalized spacial score (nSPS) is 25.4. The van der Waals surface area contributed by atoms with Crippen molar-refractivity contribution in [2.24, 2.45) is 11.8 Å². The average molecular weight is 290 g/mol. The molecule has 6 heteroatoms. The van der Waals surface area contributed by atoms with E-state index in [-0.39, 0.29) is 18.8 Å². The summed E-state index contributed by atoms with van der Waals surface area (Å²) in [5.74, 6) is -1.96. The number of nitrogens with zero attached hydrogens (tertiary/aromatic N) is 1. The molecule has 1 aliphatic carbocycles. The number of hydrogen-bond acceptors (Lipinski definition) is 2. The summed E-state index contributed by atoms with van der Waals surface area (Å²) in [6, 6.07) is 1.14. The fourth-order valence-corrected chi connectivity index (χ4v) is 3.11. The highest BCUT2D eigenvalue weighted by atomic mass is 19.4. The number of alkyl halides is 3. The van der Waals surface area contributed by atoms with Crippen LogP contribution in [0, 0.1) is 17.7 Å². The topological polar surface area (TPSA) is 24.9 Å². The van der Waals surface area contributed by atoms with Crippen LogP contribution in [-0.4, -0.2) is 18.2 Å². The molecule has 0 aromatic carbocycles. The highest BCUT2D eigenvalue weighted by Gasteiger charge is 2.43. The first-order valence-electron chi connectivity index (χ1n) is 6.77. The summed E-state index contributed by atoms with van der Waals surface area (Å²) in [4.78, 5) is 3.68. The minimum atomic E-state index is -4.16. The molecule has 1 heterocycles. The van der Waals surface area contributed by atoms with Crippen molar-refractivity contribution >= 4 is 0 Å². The Balaban J connectivity index is 2.18. The van der Waals surface area contributed by atoms with Gasteiger partial charge in [-0.15, -0.1) is 0 Å². The lowest BCUT2D eigenvalue weighted by molar-refractivity contribution is -0.186. The molecule has 1 N–H and O–H groups in total. The van der Waals surface area contributed by atoms with Gasteiger partial charge in [-0.3, -0.25) is 4.98 Å². The second-order valence-corrected chi connectivity index (χ2v) is 5.33. The molecule has 1 aromatic rings. The van der Waals surface area contributed by atoms with E-state index in [1.165, 1.54) is 12.3 Å². The standard InChI is InChI=1S/C14H18F4N2/c1-19-13(11-5-6-20-8-12(11)15)9-3-2-4-10(7-9)14(16,17)18/h5-6,8-10,13,19H,2-4,7H2,1H3. The molecular formula is C14H18F4N2. The van der Waals surface area contributed by atoms with Gasteiger partial charge in [-0.05, 0) is 38.3 Å². The molecule has 112 valence electrons. The van der Waals surface area contributed by atoms with Gasteiger partial charge in [0.05, 0.1) is 12.1 Å². The minimum absolute atomic E-state index is 0.0524. The smallest absolute Gasteiger partial charge is 0.313 e. The van der Waals surface area contributed by atoms with Gasteiger partial charge in [0.25, 0.3) is 0 Å². The SMILES string of the molecule is CNC(c1ccncc1F)C1CCCC(C(F)(F)F)C1. The van der Waals surface area contributed by atoms with Crippen molar-refractivity contribution in [1.29, 1.82) is 0 Å². The van der Waals surface area contributed by atoms with Crippen molar-refractivity contribution in [2.45, 2.75) is 37.9 Å². The molecule has 1 fully saturated rings. The number of rotatable bonds is 3. The van der Waals surface area contributed by atoms with Crippen molar-refractivity contribution in [3.05, 3.63) is 29.8 Å². The van der Waals surface area contributed by atoms with Gasteiger partial charge >= 0.3 is 6.18 Å². The lowest BCUT2D eigenvalue weighted by Crippen LogP contribution is -2.35. The van der Waals surface area contributed by atoms with E-state index in [4.69, 9.17) is 0 Å². The van der Waals surface area contributed by atoms with E-state index in [9.17, 15) is 17.6 Å². The third-order valence-electron chi connectivity index (χ3n) is 4.10. The molecule has 3 atom stereocenters. The molecule has 3 unspecified atom stereocenters. The van der Waals surface area contributed by atoms with Gasteiger partial charge in [0, 0.05) is 17.8 Å². The van der Waals surface area contributed by atoms with Crippen LogP contribution in [0.4, 0.5) is 17.6 Å². The van der Waals surface area contributed by atoms with E-state index in [0.29, 0.717) is 18.4 Å². The number of pyridine rings is 1. The van der Waals surface area contributed by atoms with Gasteiger partial charge in [0.15, 0.2) is 0 Å². The van der Waals surface area contributed by atoms with Crippen LogP contribution >= 0.6 is 0 Å². The first-order valence-corrected chi connectivity index (χ1v) is 6.77. The number of nitrogens with one attached hydrogen (secondary N) is 1. The lowest BCUT2D eigenvalue weighted by atomic mass is 9.76. The fourth-order valence-electron chi connectivity index (χ4n) is 3.11. The fraction of sp³-hybridized carbons (Fsp3) is 0.643. The highest BCUT2D eigenvalue weighted by molar-refractivity contribution is 5.18. The van der Waals surface area contributed by atoms with Crippen LogP contribution in [-0.2, 0) is 0 Å². The summed E-state index contributed by atoms with van der Waals surface area (Å²) in [6.07, 6.45) is -0.157. The van der Waals surface area contributed by atoms with Crippen molar-refractivity contribution < 1.29 is 17.6 Å². The molecule has 1 aromatic heterocycles. The number of hydrogen-bond donors (Lipinski definition) is 1. The van der Waals surface area contributed by atoms with E-state index in [0.717, 1.165) is 6.20 Å². The Kier molecular flexibility index (Phi) is 4.62. The maximum absolute atomic E-state index is 13.8. The van der Waals surface area contributed by atoms with Crippen LogP contribution in [0.2, 0.25) is 0 Å². The molecule has 2 nitrogen and oxygen atoms in total. The monoisotopic (exact) mass is 290 g/mol. The van der Waals surface area contributed by atoms with Crippen LogP contribution in [0.3, 0.4) is 0 Å². The van der Waals surface area contributed by atoms with Crippen molar-refractivity contribution in [3.8, 4) is 0 Å². The summed E-state index contributed by atoms with van der Waals surface area (Å²) in [7, 11) is 1.65. The molecule has 1 saturated carbocycles. The third kappa shape index (κ3) is 3.29. The molecule has 0 amide bonds. The van der Waals surface area contributed by atoms with Crippen LogP contribution in [0.25, 0.3) is 0 Å². The van der Waals surface area contributed by atoms with Gasteiger partial charge in [0.2, 0.25) is 0 Å². The number of halogens is 4. The summed E-state index contributed by atoms with van der Waals surface area (Å²) in [5, 5.41) is 2.97. The first kappa shape index (κ1) is 15.2. The number of aromatic nitrogens is 1. The predicted molar refractivity (Wildman–Crippen MR) is 67.5 cm³/mol. The molecule has 0 aliphatic heterocycles. The summed E-state index contributed by atoms with van der Waals surface area (Å²) < 4.78 is 52.4. The molecule has 1 aliphatic rings. The Morgan fingerprint density at radius 1 is 1.35 bits per heavy atom. The highest BCUT2D eigenvalue weighted by Crippen LogP contribution is 2.44. The van der Waals surface area contributed by atoms with E-state index >= 15 is 0 Å². The Morgan fingerprint density at radius 3 is 2.70 bits per heavy atom. The summed E-state index contributed by atoms with van der Waals surface area (Å²) in [5.41, 5.74) is 0.398. The zero-order valence-electron chi connectivity index (χ0n) is 11.3.